The van der Waals surface area contributed by atoms with Crippen molar-refractivity contribution in [3.63, 3.8) is 0 Å². The smallest absolute Gasteiger partial charge is 0.370 e. The normalized spacial score (nSPS) is 12.0. The van der Waals surface area contributed by atoms with Crippen LogP contribution in [0.1, 0.15) is 51.8 Å². The second kappa shape index (κ2) is 8.41. The van der Waals surface area contributed by atoms with Crippen LogP contribution in [0, 0.1) is 5.92 Å². The number of nitrogens with one attached hydrogen (secondary N) is 1. The number of anilines is 1. The van der Waals surface area contributed by atoms with Crippen LogP contribution in [-0.2, 0) is 6.18 Å². The first-order chi connectivity index (χ1) is 9.79. The van der Waals surface area contributed by atoms with E-state index in [9.17, 15) is 13.2 Å². The molecule has 0 fully saturated rings. The predicted molar refractivity (Wildman–Crippen MR) is 78.5 cm³/mol. The molecule has 3 nitrogen and oxygen atoms in total. The Morgan fingerprint density at radius 2 is 1.81 bits per heavy atom. The highest BCUT2D eigenvalue weighted by atomic mass is 35.5. The predicted octanol–water partition coefficient (Wildman–Crippen LogP) is 5.17. The first-order valence-electron chi connectivity index (χ1n) is 7.14. The van der Waals surface area contributed by atoms with Gasteiger partial charge < -0.3 is 5.32 Å². The van der Waals surface area contributed by atoms with Crippen LogP contribution in [-0.4, -0.2) is 16.5 Å². The molecule has 120 valence electrons. The molecule has 0 radical (unpaired) electrons. The summed E-state index contributed by atoms with van der Waals surface area (Å²) in [5.74, 6) is -0.383. The molecule has 0 aliphatic rings. The maximum Gasteiger partial charge on any atom is 0.451 e. The average Bonchev–Trinajstić information content (AvgIpc) is 2.35. The molecule has 1 aromatic rings. The Bertz CT molecular complexity index is 436. The minimum absolute atomic E-state index is 0.115. The summed E-state index contributed by atoms with van der Waals surface area (Å²) in [5, 5.41) is 2.65. The largest absolute Gasteiger partial charge is 0.451 e. The molecule has 21 heavy (non-hydrogen) atoms. The highest BCUT2D eigenvalue weighted by Crippen LogP contribution is 2.28. The minimum atomic E-state index is -4.59. The molecule has 0 aromatic carbocycles. The Morgan fingerprint density at radius 1 is 1.14 bits per heavy atom. The van der Waals surface area contributed by atoms with E-state index < -0.39 is 12.0 Å². The Hall–Kier alpha value is -1.04. The standard InChI is InChI=1S/C14H21ClF3N3/c1-10(2)7-5-3-4-6-8-19-12-9-11(15)20-13(21-12)14(16,17)18/h9-10H,3-8H2,1-2H3,(H,19,20,21). The van der Waals surface area contributed by atoms with Crippen LogP contribution in [0.5, 0.6) is 0 Å². The molecule has 1 N–H and O–H groups in total. The molecular weight excluding hydrogens is 303 g/mol. The summed E-state index contributed by atoms with van der Waals surface area (Å²) in [4.78, 5) is 6.61. The van der Waals surface area contributed by atoms with Gasteiger partial charge in [0.2, 0.25) is 5.82 Å². The van der Waals surface area contributed by atoms with Gasteiger partial charge in [-0.05, 0) is 12.3 Å². The fourth-order valence-corrected chi connectivity index (χ4v) is 2.07. The Balaban J connectivity index is 2.34. The van der Waals surface area contributed by atoms with Gasteiger partial charge in [0, 0.05) is 12.6 Å². The Labute approximate surface area is 128 Å². The third-order valence-corrected chi connectivity index (χ3v) is 3.16. The van der Waals surface area contributed by atoms with Crippen molar-refractivity contribution >= 4 is 17.4 Å². The molecule has 7 heteroatoms. The summed E-state index contributed by atoms with van der Waals surface area (Å²) in [6.07, 6.45) is 0.890. The van der Waals surface area contributed by atoms with Crippen LogP contribution in [0.25, 0.3) is 0 Å². The first-order valence-corrected chi connectivity index (χ1v) is 7.52. The summed E-state index contributed by atoms with van der Waals surface area (Å²) in [7, 11) is 0. The molecule has 0 unspecified atom stereocenters. The monoisotopic (exact) mass is 323 g/mol. The minimum Gasteiger partial charge on any atom is -0.370 e. The summed E-state index contributed by atoms with van der Waals surface area (Å²) in [6, 6.07) is 1.30. The lowest BCUT2D eigenvalue weighted by Crippen LogP contribution is -2.13. The van der Waals surface area contributed by atoms with E-state index in [2.05, 4.69) is 29.1 Å². The number of nitrogens with zero attached hydrogens (tertiary/aromatic N) is 2. The van der Waals surface area contributed by atoms with Gasteiger partial charge in [-0.2, -0.15) is 13.2 Å². The summed E-state index contributed by atoms with van der Waals surface area (Å²) < 4.78 is 37.6. The van der Waals surface area contributed by atoms with Crippen molar-refractivity contribution in [1.29, 1.82) is 0 Å². The highest BCUT2D eigenvalue weighted by Gasteiger charge is 2.35. The molecule has 0 aliphatic carbocycles. The maximum atomic E-state index is 12.5. The molecule has 1 heterocycles. The quantitative estimate of drug-likeness (QED) is 0.530. The van der Waals surface area contributed by atoms with Gasteiger partial charge in [-0.25, -0.2) is 9.97 Å². The van der Waals surface area contributed by atoms with Gasteiger partial charge in [0.05, 0.1) is 0 Å². The van der Waals surface area contributed by atoms with Gasteiger partial charge in [0.15, 0.2) is 0 Å². The fraction of sp³-hybridized carbons (Fsp3) is 0.714. The van der Waals surface area contributed by atoms with Gasteiger partial charge in [0.1, 0.15) is 11.0 Å². The van der Waals surface area contributed by atoms with Crippen LogP contribution in [0.2, 0.25) is 5.15 Å². The van der Waals surface area contributed by atoms with E-state index in [4.69, 9.17) is 11.6 Å². The van der Waals surface area contributed by atoms with E-state index in [1.54, 1.807) is 0 Å². The van der Waals surface area contributed by atoms with E-state index in [0.29, 0.717) is 12.5 Å². The lowest BCUT2D eigenvalue weighted by atomic mass is 10.0. The van der Waals surface area contributed by atoms with Gasteiger partial charge in [-0.3, -0.25) is 0 Å². The van der Waals surface area contributed by atoms with Crippen molar-refractivity contribution in [3.8, 4) is 0 Å². The molecule has 0 atom stereocenters. The second-order valence-electron chi connectivity index (χ2n) is 5.42. The van der Waals surface area contributed by atoms with Crippen LogP contribution in [0.3, 0.4) is 0 Å². The van der Waals surface area contributed by atoms with Gasteiger partial charge in [0.25, 0.3) is 0 Å². The molecule has 0 saturated carbocycles. The van der Waals surface area contributed by atoms with Crippen LogP contribution in [0.15, 0.2) is 6.07 Å². The van der Waals surface area contributed by atoms with E-state index in [1.807, 2.05) is 0 Å². The van der Waals surface area contributed by atoms with Crippen LogP contribution in [0.4, 0.5) is 19.0 Å². The molecule has 0 spiro atoms. The van der Waals surface area contributed by atoms with Crippen molar-refractivity contribution in [2.45, 2.75) is 52.1 Å². The maximum absolute atomic E-state index is 12.5. The summed E-state index contributed by atoms with van der Waals surface area (Å²) in [6.45, 7) is 4.96. The van der Waals surface area contributed by atoms with Gasteiger partial charge in [-0.15, -0.1) is 0 Å². The van der Waals surface area contributed by atoms with E-state index >= 15 is 0 Å². The number of rotatable bonds is 8. The first kappa shape index (κ1) is 18.0. The highest BCUT2D eigenvalue weighted by molar-refractivity contribution is 6.29. The molecule has 0 saturated heterocycles. The third-order valence-electron chi connectivity index (χ3n) is 2.96. The van der Waals surface area contributed by atoms with E-state index in [-0.39, 0.29) is 11.0 Å². The van der Waals surface area contributed by atoms with Crippen LogP contribution >= 0.6 is 11.6 Å². The number of alkyl halides is 3. The van der Waals surface area contributed by atoms with E-state index in [1.165, 1.54) is 18.9 Å². The lowest BCUT2D eigenvalue weighted by Gasteiger charge is -2.09. The molecular formula is C14H21ClF3N3. The summed E-state index contributed by atoms with van der Waals surface area (Å²) in [5.41, 5.74) is 0. The second-order valence-corrected chi connectivity index (χ2v) is 5.81. The molecule has 0 aliphatic heterocycles. The number of halogens is 4. The third kappa shape index (κ3) is 7.50. The van der Waals surface area contributed by atoms with Gasteiger partial charge in [-0.1, -0.05) is 51.1 Å². The zero-order chi connectivity index (χ0) is 15.9. The zero-order valence-corrected chi connectivity index (χ0v) is 13.1. The van der Waals surface area contributed by atoms with E-state index in [0.717, 1.165) is 19.3 Å². The topological polar surface area (TPSA) is 37.8 Å². The fourth-order valence-electron chi connectivity index (χ4n) is 1.88. The molecule has 1 rings (SSSR count). The van der Waals surface area contributed by atoms with Crippen molar-refractivity contribution in [1.82, 2.24) is 9.97 Å². The molecule has 0 bridgehead atoms. The van der Waals surface area contributed by atoms with Crippen LogP contribution < -0.4 is 5.32 Å². The van der Waals surface area contributed by atoms with Crippen molar-refractivity contribution in [2.24, 2.45) is 5.92 Å². The molecule has 1 aromatic heterocycles. The molecule has 0 amide bonds. The zero-order valence-electron chi connectivity index (χ0n) is 12.3. The Kier molecular flexibility index (Phi) is 7.22. The van der Waals surface area contributed by atoms with Crippen molar-refractivity contribution in [3.05, 3.63) is 17.0 Å². The van der Waals surface area contributed by atoms with Crippen molar-refractivity contribution < 1.29 is 13.2 Å². The Morgan fingerprint density at radius 3 is 2.43 bits per heavy atom. The van der Waals surface area contributed by atoms with Gasteiger partial charge >= 0.3 is 6.18 Å². The SMILES string of the molecule is CC(C)CCCCCCNc1cc(Cl)nc(C(F)(F)F)n1. The number of hydrogen-bond donors (Lipinski definition) is 1. The lowest BCUT2D eigenvalue weighted by molar-refractivity contribution is -0.144. The van der Waals surface area contributed by atoms with Crippen molar-refractivity contribution in [2.75, 3.05) is 11.9 Å². The average molecular weight is 324 g/mol. The number of aromatic nitrogens is 2. The number of hydrogen-bond acceptors (Lipinski definition) is 3. The number of unbranched alkanes of at least 4 members (excludes halogenated alkanes) is 3. The summed E-state index contributed by atoms with van der Waals surface area (Å²) >= 11 is 5.58.